The van der Waals surface area contributed by atoms with E-state index in [2.05, 4.69) is 5.10 Å². The molecule has 0 bridgehead atoms. The monoisotopic (exact) mass is 410 g/mol. The predicted molar refractivity (Wildman–Crippen MR) is 107 cm³/mol. The van der Waals surface area contributed by atoms with Crippen LogP contribution in [0.15, 0.2) is 72.9 Å². The van der Waals surface area contributed by atoms with Gasteiger partial charge in [-0.25, -0.2) is 4.79 Å². The van der Waals surface area contributed by atoms with Crippen molar-refractivity contribution < 1.29 is 22.7 Å². The molecule has 1 heterocycles. The average Bonchev–Trinajstić information content (AvgIpc) is 3.15. The third-order valence-corrected chi connectivity index (χ3v) is 4.83. The minimum atomic E-state index is -4.43. The highest BCUT2D eigenvalue weighted by molar-refractivity contribution is 6.05. The summed E-state index contributed by atoms with van der Waals surface area (Å²) in [5.74, 6) is -0.538. The van der Waals surface area contributed by atoms with Crippen LogP contribution >= 0.6 is 0 Å². The zero-order valence-electron chi connectivity index (χ0n) is 16.0. The van der Waals surface area contributed by atoms with Crippen LogP contribution < -0.4 is 0 Å². The van der Waals surface area contributed by atoms with E-state index in [4.69, 9.17) is 4.74 Å². The van der Waals surface area contributed by atoms with Crippen LogP contribution in [0.3, 0.4) is 0 Å². The zero-order chi connectivity index (χ0) is 21.3. The first-order chi connectivity index (χ1) is 14.4. The molecule has 0 saturated carbocycles. The van der Waals surface area contributed by atoms with Crippen LogP contribution in [0, 0.1) is 0 Å². The van der Waals surface area contributed by atoms with Crippen molar-refractivity contribution in [1.82, 2.24) is 9.78 Å². The van der Waals surface area contributed by atoms with Crippen molar-refractivity contribution in [1.29, 1.82) is 0 Å². The lowest BCUT2D eigenvalue weighted by atomic mass is 10.0. The van der Waals surface area contributed by atoms with Crippen LogP contribution in [0.2, 0.25) is 0 Å². The molecule has 0 unspecified atom stereocenters. The number of ether oxygens (including phenoxy) is 1. The molecule has 0 aliphatic rings. The Labute approximate surface area is 170 Å². The summed E-state index contributed by atoms with van der Waals surface area (Å²) in [5, 5.41) is 5.02. The Bertz CT molecular complexity index is 1210. The van der Waals surface area contributed by atoms with Gasteiger partial charge in [0.1, 0.15) is 0 Å². The van der Waals surface area contributed by atoms with Crippen molar-refractivity contribution in [3.63, 3.8) is 0 Å². The molecule has 0 radical (unpaired) electrons. The van der Waals surface area contributed by atoms with Gasteiger partial charge in [-0.3, -0.25) is 4.68 Å². The maximum absolute atomic E-state index is 13.0. The number of alkyl halides is 3. The molecule has 30 heavy (non-hydrogen) atoms. The third kappa shape index (κ3) is 3.78. The maximum Gasteiger partial charge on any atom is 0.416 e. The molecule has 0 atom stereocenters. The molecule has 0 fully saturated rings. The smallest absolute Gasteiger partial charge is 0.416 e. The number of carbonyl (C=O) groups excluding carboxylic acids is 1. The SMILES string of the molecule is COC(=O)c1cc(-c2ccccc2)cc2cnn(Cc3cccc(C(F)(F)F)c3)c12. The summed E-state index contributed by atoms with van der Waals surface area (Å²) >= 11 is 0. The topological polar surface area (TPSA) is 44.1 Å². The molecule has 3 aromatic carbocycles. The minimum Gasteiger partial charge on any atom is -0.465 e. The summed E-state index contributed by atoms with van der Waals surface area (Å²) in [6, 6.07) is 18.2. The molecule has 0 saturated heterocycles. The Morgan fingerprint density at radius 1 is 1.00 bits per heavy atom. The zero-order valence-corrected chi connectivity index (χ0v) is 16.0. The van der Waals surface area contributed by atoms with E-state index in [0.29, 0.717) is 22.0 Å². The van der Waals surface area contributed by atoms with Crippen molar-refractivity contribution in [2.24, 2.45) is 0 Å². The van der Waals surface area contributed by atoms with Crippen molar-refractivity contribution in [3.05, 3.63) is 89.6 Å². The molecule has 7 heteroatoms. The van der Waals surface area contributed by atoms with Crippen LogP contribution in [0.25, 0.3) is 22.0 Å². The Morgan fingerprint density at radius 3 is 2.47 bits per heavy atom. The second-order valence-electron chi connectivity index (χ2n) is 6.82. The number of esters is 1. The largest absolute Gasteiger partial charge is 0.465 e. The van der Waals surface area contributed by atoms with Crippen molar-refractivity contribution in [3.8, 4) is 11.1 Å². The van der Waals surface area contributed by atoms with E-state index >= 15 is 0 Å². The molecule has 0 aliphatic carbocycles. The number of aromatic nitrogens is 2. The first-order valence-electron chi connectivity index (χ1n) is 9.16. The summed E-state index contributed by atoms with van der Waals surface area (Å²) in [7, 11) is 1.29. The molecular weight excluding hydrogens is 393 g/mol. The Balaban J connectivity index is 1.82. The maximum atomic E-state index is 13.0. The minimum absolute atomic E-state index is 0.0854. The summed E-state index contributed by atoms with van der Waals surface area (Å²) < 4.78 is 45.6. The number of hydrogen-bond donors (Lipinski definition) is 0. The number of rotatable bonds is 4. The number of nitrogens with zero attached hydrogens (tertiary/aromatic N) is 2. The molecule has 4 rings (SSSR count). The lowest BCUT2D eigenvalue weighted by Gasteiger charge is -2.12. The van der Waals surface area contributed by atoms with E-state index in [1.807, 2.05) is 36.4 Å². The van der Waals surface area contributed by atoms with Crippen LogP contribution in [0.4, 0.5) is 13.2 Å². The van der Waals surface area contributed by atoms with Gasteiger partial charge in [-0.2, -0.15) is 18.3 Å². The summed E-state index contributed by atoms with van der Waals surface area (Å²) in [6.45, 7) is 0.0854. The van der Waals surface area contributed by atoms with Gasteiger partial charge in [0.25, 0.3) is 0 Å². The first kappa shape index (κ1) is 19.7. The predicted octanol–water partition coefficient (Wildman–Crippen LogP) is 5.56. The van der Waals surface area contributed by atoms with Gasteiger partial charge in [-0.1, -0.05) is 42.5 Å². The molecule has 152 valence electrons. The van der Waals surface area contributed by atoms with Gasteiger partial charge in [-0.05, 0) is 41.0 Å². The van der Waals surface area contributed by atoms with E-state index in [1.54, 1.807) is 18.3 Å². The van der Waals surface area contributed by atoms with Crippen LogP contribution in [-0.2, 0) is 17.5 Å². The standard InChI is InChI=1S/C23H17F3N2O2/c1-30-22(29)20-12-17(16-7-3-2-4-8-16)11-18-13-27-28(21(18)20)14-15-6-5-9-19(10-15)23(24,25)26/h2-13H,14H2,1H3. The molecule has 0 aliphatic heterocycles. The van der Waals surface area contributed by atoms with E-state index in [1.165, 1.54) is 17.9 Å². The summed E-state index contributed by atoms with van der Waals surface area (Å²) in [5.41, 5.74) is 2.27. The van der Waals surface area contributed by atoms with Crippen molar-refractivity contribution in [2.75, 3.05) is 7.11 Å². The van der Waals surface area contributed by atoms with E-state index in [-0.39, 0.29) is 6.54 Å². The Morgan fingerprint density at radius 2 is 1.77 bits per heavy atom. The highest BCUT2D eigenvalue weighted by atomic mass is 19.4. The van der Waals surface area contributed by atoms with Crippen molar-refractivity contribution >= 4 is 16.9 Å². The fourth-order valence-corrected chi connectivity index (χ4v) is 3.43. The van der Waals surface area contributed by atoms with Crippen LogP contribution in [0.5, 0.6) is 0 Å². The van der Waals surface area contributed by atoms with E-state index < -0.39 is 17.7 Å². The highest BCUT2D eigenvalue weighted by Crippen LogP contribution is 2.31. The van der Waals surface area contributed by atoms with E-state index in [0.717, 1.165) is 23.3 Å². The molecule has 0 N–H and O–H groups in total. The summed E-state index contributed by atoms with van der Waals surface area (Å²) in [4.78, 5) is 12.5. The number of halogens is 3. The van der Waals surface area contributed by atoms with Gasteiger partial charge < -0.3 is 4.74 Å². The lowest BCUT2D eigenvalue weighted by Crippen LogP contribution is -2.10. The fourth-order valence-electron chi connectivity index (χ4n) is 3.43. The van der Waals surface area contributed by atoms with Gasteiger partial charge >= 0.3 is 12.1 Å². The first-order valence-corrected chi connectivity index (χ1v) is 9.16. The van der Waals surface area contributed by atoms with Gasteiger partial charge in [0.05, 0.1) is 36.5 Å². The number of carbonyl (C=O) groups is 1. The molecule has 4 aromatic rings. The molecule has 0 spiro atoms. The molecule has 0 amide bonds. The van der Waals surface area contributed by atoms with Crippen molar-refractivity contribution in [2.45, 2.75) is 12.7 Å². The highest BCUT2D eigenvalue weighted by Gasteiger charge is 2.30. The fraction of sp³-hybridized carbons (Fsp3) is 0.130. The second-order valence-corrected chi connectivity index (χ2v) is 6.82. The van der Waals surface area contributed by atoms with Gasteiger partial charge in [0.2, 0.25) is 0 Å². The molecular formula is C23H17F3N2O2. The Hall–Kier alpha value is -3.61. The Kier molecular flexibility index (Phi) is 5.03. The van der Waals surface area contributed by atoms with Crippen LogP contribution in [0.1, 0.15) is 21.5 Å². The quantitative estimate of drug-likeness (QED) is 0.414. The van der Waals surface area contributed by atoms with Gasteiger partial charge in [-0.15, -0.1) is 0 Å². The number of fused-ring (bicyclic) bond motifs is 1. The third-order valence-electron chi connectivity index (χ3n) is 4.83. The van der Waals surface area contributed by atoms with Gasteiger partial charge in [0.15, 0.2) is 0 Å². The van der Waals surface area contributed by atoms with E-state index in [9.17, 15) is 18.0 Å². The lowest BCUT2D eigenvalue weighted by molar-refractivity contribution is -0.137. The molecule has 1 aromatic heterocycles. The number of benzene rings is 3. The average molecular weight is 410 g/mol. The number of hydrogen-bond acceptors (Lipinski definition) is 3. The normalized spacial score (nSPS) is 11.6. The van der Waals surface area contributed by atoms with Gasteiger partial charge in [0, 0.05) is 5.39 Å². The second kappa shape index (κ2) is 7.67. The van der Waals surface area contributed by atoms with Crippen LogP contribution in [-0.4, -0.2) is 22.9 Å². The molecule has 4 nitrogen and oxygen atoms in total. The number of methoxy groups -OCH3 is 1. The summed E-state index contributed by atoms with van der Waals surface area (Å²) in [6.07, 6.45) is -2.83.